The molecular weight excluding hydrogens is 273 g/mol. The summed E-state index contributed by atoms with van der Waals surface area (Å²) in [4.78, 5) is 11.9. The molecule has 0 aromatic heterocycles. The third-order valence-electron chi connectivity index (χ3n) is 2.89. The Morgan fingerprint density at radius 2 is 1.57 bits per heavy atom. The van der Waals surface area contributed by atoms with Gasteiger partial charge in [-0.1, -0.05) is 54.6 Å². The zero-order valence-corrected chi connectivity index (χ0v) is 11.4. The Kier molecular flexibility index (Phi) is 4.87. The summed E-state index contributed by atoms with van der Waals surface area (Å²) in [6, 6.07) is 16.7. The van der Waals surface area contributed by atoms with Crippen LogP contribution in [0, 0.1) is 0 Å². The second kappa shape index (κ2) is 6.84. The van der Waals surface area contributed by atoms with Crippen LogP contribution in [0.15, 0.2) is 66.4 Å². The van der Waals surface area contributed by atoms with Crippen molar-refractivity contribution in [2.45, 2.75) is 6.92 Å². The summed E-state index contributed by atoms with van der Waals surface area (Å²) in [5.41, 5.74) is 2.45. The molecule has 2 nitrogen and oxygen atoms in total. The largest absolute Gasteiger partial charge is 0.796 e. The van der Waals surface area contributed by atoms with Crippen LogP contribution in [0.4, 0.5) is 8.63 Å². The van der Waals surface area contributed by atoms with Crippen LogP contribution in [-0.4, -0.2) is 13.3 Å². The molecule has 0 radical (unpaired) electrons. The maximum Gasteiger partial charge on any atom is 0.796 e. The van der Waals surface area contributed by atoms with Crippen molar-refractivity contribution in [2.75, 3.05) is 0 Å². The zero-order chi connectivity index (χ0) is 15.2. The number of carbonyl (C=O) groups is 1. The van der Waals surface area contributed by atoms with Gasteiger partial charge >= 0.3 is 7.47 Å². The molecule has 21 heavy (non-hydrogen) atoms. The standard InChI is InChI=1S/C16H13BF2O2/c1-12(21-17(18)19)11-16(20)15-9-7-14(8-10-15)13-5-3-2-4-6-13/h2-11H,1H3/b12-11-. The average molecular weight is 286 g/mol. The summed E-state index contributed by atoms with van der Waals surface area (Å²) >= 11 is 0. The van der Waals surface area contributed by atoms with Crippen molar-refractivity contribution in [3.63, 3.8) is 0 Å². The van der Waals surface area contributed by atoms with E-state index < -0.39 is 7.47 Å². The van der Waals surface area contributed by atoms with Crippen molar-refractivity contribution in [1.82, 2.24) is 0 Å². The molecule has 0 atom stereocenters. The van der Waals surface area contributed by atoms with E-state index in [2.05, 4.69) is 4.65 Å². The smallest absolute Gasteiger partial charge is 0.509 e. The van der Waals surface area contributed by atoms with Gasteiger partial charge in [0.25, 0.3) is 0 Å². The van der Waals surface area contributed by atoms with Crippen molar-refractivity contribution in [1.29, 1.82) is 0 Å². The molecule has 0 heterocycles. The molecule has 2 aromatic rings. The predicted octanol–water partition coefficient (Wildman–Crippen LogP) is 4.38. The Morgan fingerprint density at radius 3 is 2.14 bits per heavy atom. The first-order valence-corrected chi connectivity index (χ1v) is 6.39. The van der Waals surface area contributed by atoms with Gasteiger partial charge in [-0.25, -0.2) is 8.63 Å². The first-order chi connectivity index (χ1) is 10.1. The fourth-order valence-corrected chi connectivity index (χ4v) is 1.90. The number of benzene rings is 2. The molecule has 0 aliphatic heterocycles. The van der Waals surface area contributed by atoms with E-state index in [0.29, 0.717) is 5.56 Å². The maximum absolute atomic E-state index is 12.0. The predicted molar refractivity (Wildman–Crippen MR) is 79.0 cm³/mol. The van der Waals surface area contributed by atoms with Crippen molar-refractivity contribution in [3.8, 4) is 11.1 Å². The highest BCUT2D eigenvalue weighted by molar-refractivity contribution is 6.34. The minimum atomic E-state index is -2.92. The Labute approximate surface area is 122 Å². The molecule has 0 aliphatic rings. The number of hydrogen-bond acceptors (Lipinski definition) is 2. The first-order valence-electron chi connectivity index (χ1n) is 6.39. The third kappa shape index (κ3) is 4.28. The summed E-state index contributed by atoms with van der Waals surface area (Å²) in [5, 5.41) is 0. The quantitative estimate of drug-likeness (QED) is 0.353. The highest BCUT2D eigenvalue weighted by Gasteiger charge is 2.17. The number of halogens is 2. The van der Waals surface area contributed by atoms with E-state index in [0.717, 1.165) is 17.2 Å². The molecule has 0 spiro atoms. The second-order valence-electron chi connectivity index (χ2n) is 4.44. The SMILES string of the molecule is C/C(=C/C(=O)c1ccc(-c2ccccc2)cc1)OB(F)F. The molecule has 0 saturated carbocycles. The lowest BCUT2D eigenvalue weighted by Crippen LogP contribution is -2.04. The van der Waals surface area contributed by atoms with Crippen LogP contribution in [0.1, 0.15) is 17.3 Å². The number of ketones is 1. The van der Waals surface area contributed by atoms with Crippen LogP contribution in [0.3, 0.4) is 0 Å². The van der Waals surface area contributed by atoms with Gasteiger partial charge in [0.05, 0.1) is 5.76 Å². The highest BCUT2D eigenvalue weighted by Crippen LogP contribution is 2.19. The van der Waals surface area contributed by atoms with E-state index in [9.17, 15) is 13.4 Å². The molecule has 5 heteroatoms. The Morgan fingerprint density at radius 1 is 1.00 bits per heavy atom. The lowest BCUT2D eigenvalue weighted by atomic mass is 10.0. The van der Waals surface area contributed by atoms with Crippen LogP contribution in [0.5, 0.6) is 0 Å². The van der Waals surface area contributed by atoms with Crippen LogP contribution in [-0.2, 0) is 4.65 Å². The normalized spacial score (nSPS) is 11.1. The molecule has 0 bridgehead atoms. The van der Waals surface area contributed by atoms with Gasteiger partial charge in [0.15, 0.2) is 5.78 Å². The van der Waals surface area contributed by atoms with Gasteiger partial charge in [-0.2, -0.15) is 0 Å². The summed E-state index contributed by atoms with van der Waals surface area (Å²) < 4.78 is 28.2. The van der Waals surface area contributed by atoms with Crippen LogP contribution in [0.2, 0.25) is 0 Å². The van der Waals surface area contributed by atoms with E-state index in [4.69, 9.17) is 0 Å². The minimum Gasteiger partial charge on any atom is -0.509 e. The number of rotatable bonds is 5. The molecule has 0 saturated heterocycles. The molecule has 106 valence electrons. The van der Waals surface area contributed by atoms with Gasteiger partial charge in [0.2, 0.25) is 0 Å². The van der Waals surface area contributed by atoms with Crippen LogP contribution < -0.4 is 0 Å². The van der Waals surface area contributed by atoms with Gasteiger partial charge in [0, 0.05) is 11.6 Å². The van der Waals surface area contributed by atoms with Gasteiger partial charge in [-0.15, -0.1) is 0 Å². The van der Waals surface area contributed by atoms with E-state index in [1.165, 1.54) is 6.92 Å². The molecule has 0 aliphatic carbocycles. The Bertz CT molecular complexity index is 637. The van der Waals surface area contributed by atoms with Gasteiger partial charge in [-0.3, -0.25) is 4.79 Å². The van der Waals surface area contributed by atoms with E-state index in [1.807, 2.05) is 42.5 Å². The Balaban J connectivity index is 2.14. The van der Waals surface area contributed by atoms with Gasteiger partial charge in [0.1, 0.15) is 0 Å². The molecular formula is C16H13BF2O2. The molecule has 0 N–H and O–H groups in total. The summed E-state index contributed by atoms with van der Waals surface area (Å²) in [6.45, 7) is 1.32. The molecule has 2 aromatic carbocycles. The fraction of sp³-hybridized carbons (Fsp3) is 0.0625. The van der Waals surface area contributed by atoms with Gasteiger partial charge in [-0.05, 0) is 18.1 Å². The summed E-state index contributed by atoms with van der Waals surface area (Å²) in [5.74, 6) is -0.477. The van der Waals surface area contributed by atoms with Crippen LogP contribution >= 0.6 is 0 Å². The number of hydrogen-bond donors (Lipinski definition) is 0. The molecule has 0 amide bonds. The average Bonchev–Trinajstić information content (AvgIpc) is 2.47. The molecule has 0 fully saturated rings. The third-order valence-corrected chi connectivity index (χ3v) is 2.89. The minimum absolute atomic E-state index is 0.109. The number of carbonyl (C=O) groups excluding carboxylic acids is 1. The van der Waals surface area contributed by atoms with E-state index >= 15 is 0 Å². The van der Waals surface area contributed by atoms with Crippen molar-refractivity contribution in [2.24, 2.45) is 0 Å². The summed E-state index contributed by atoms with van der Waals surface area (Å²) in [7, 11) is -2.92. The van der Waals surface area contributed by atoms with E-state index in [1.54, 1.807) is 12.1 Å². The van der Waals surface area contributed by atoms with Crippen molar-refractivity contribution >= 4 is 13.3 Å². The van der Waals surface area contributed by atoms with Crippen molar-refractivity contribution in [3.05, 3.63) is 72.0 Å². The van der Waals surface area contributed by atoms with Crippen LogP contribution in [0.25, 0.3) is 11.1 Å². The monoisotopic (exact) mass is 286 g/mol. The van der Waals surface area contributed by atoms with Gasteiger partial charge < -0.3 is 4.65 Å². The molecule has 0 unspecified atom stereocenters. The first kappa shape index (κ1) is 15.0. The number of allylic oxidation sites excluding steroid dienone is 2. The highest BCUT2D eigenvalue weighted by atomic mass is 19.2. The maximum atomic E-state index is 12.0. The molecule has 2 rings (SSSR count). The summed E-state index contributed by atoms with van der Waals surface area (Å²) in [6.07, 6.45) is 1.06. The van der Waals surface area contributed by atoms with Crippen molar-refractivity contribution < 1.29 is 18.1 Å². The topological polar surface area (TPSA) is 26.3 Å². The zero-order valence-electron chi connectivity index (χ0n) is 11.4. The Hall–Kier alpha value is -2.43. The lowest BCUT2D eigenvalue weighted by molar-refractivity contribution is 0.104. The fourth-order valence-electron chi connectivity index (χ4n) is 1.90. The lowest BCUT2D eigenvalue weighted by Gasteiger charge is -2.04. The second-order valence-corrected chi connectivity index (χ2v) is 4.44. The van der Waals surface area contributed by atoms with E-state index in [-0.39, 0.29) is 11.5 Å².